The molecule has 2 aromatic carbocycles. The second kappa shape index (κ2) is 9.52. The van der Waals surface area contributed by atoms with Crippen molar-refractivity contribution >= 4 is 46.9 Å². The molecule has 0 saturated heterocycles. The third-order valence-corrected chi connectivity index (χ3v) is 3.75. The number of halogens is 3. The van der Waals surface area contributed by atoms with Gasteiger partial charge in [-0.15, -0.1) is 0 Å². The summed E-state index contributed by atoms with van der Waals surface area (Å²) in [5, 5.41) is 5.53. The second-order valence-electron chi connectivity index (χ2n) is 4.87. The molecule has 0 unspecified atom stereocenters. The van der Waals surface area contributed by atoms with E-state index in [1.165, 1.54) is 0 Å². The number of hydrogen-bond donors (Lipinski definition) is 1. The summed E-state index contributed by atoms with van der Waals surface area (Å²) in [5.41, 5.74) is 3.31. The number of carbonyl (C=O) groups is 1. The summed E-state index contributed by atoms with van der Waals surface area (Å²) in [6.45, 7) is 0.371. The summed E-state index contributed by atoms with van der Waals surface area (Å²) in [5.74, 6) is 0.355. The van der Waals surface area contributed by atoms with Crippen molar-refractivity contribution in [3.63, 3.8) is 0 Å². The van der Waals surface area contributed by atoms with Crippen molar-refractivity contribution < 1.29 is 9.53 Å². The summed E-state index contributed by atoms with van der Waals surface area (Å²) >= 11 is 17.6. The van der Waals surface area contributed by atoms with Crippen molar-refractivity contribution in [1.29, 1.82) is 0 Å². The molecular formula is C17H15Cl3N2O2. The Morgan fingerprint density at radius 2 is 1.79 bits per heavy atom. The fourth-order valence-electron chi connectivity index (χ4n) is 1.79. The zero-order chi connectivity index (χ0) is 17.4. The molecule has 0 aliphatic carbocycles. The van der Waals surface area contributed by atoms with Crippen LogP contribution in [0.5, 0.6) is 5.75 Å². The maximum atomic E-state index is 11.7. The molecule has 0 spiro atoms. The first kappa shape index (κ1) is 18.6. The Bertz CT molecular complexity index is 718. The van der Waals surface area contributed by atoms with Crippen LogP contribution in [-0.2, 0) is 4.79 Å². The number of benzene rings is 2. The average Bonchev–Trinajstić information content (AvgIpc) is 2.55. The number of nitrogens with one attached hydrogen (secondary N) is 1. The third-order valence-electron chi connectivity index (χ3n) is 2.97. The van der Waals surface area contributed by atoms with Gasteiger partial charge in [0.05, 0.1) is 17.8 Å². The van der Waals surface area contributed by atoms with Crippen LogP contribution < -0.4 is 10.2 Å². The third kappa shape index (κ3) is 6.40. The Hall–Kier alpha value is -1.75. The fourth-order valence-corrected chi connectivity index (χ4v) is 2.38. The number of nitrogens with zero attached hydrogens (tertiary/aromatic N) is 1. The van der Waals surface area contributed by atoms with Crippen molar-refractivity contribution in [1.82, 2.24) is 5.43 Å². The van der Waals surface area contributed by atoms with Crippen LogP contribution in [0.25, 0.3) is 0 Å². The van der Waals surface area contributed by atoms with E-state index in [9.17, 15) is 4.79 Å². The molecule has 7 heteroatoms. The Morgan fingerprint density at radius 3 is 2.50 bits per heavy atom. The SMILES string of the molecule is O=C(CCCOc1ccc(Cl)cc1Cl)NN=Cc1ccc(Cl)cc1. The van der Waals surface area contributed by atoms with E-state index in [1.807, 2.05) is 12.1 Å². The fraction of sp³-hybridized carbons (Fsp3) is 0.176. The highest BCUT2D eigenvalue weighted by Gasteiger charge is 2.04. The van der Waals surface area contributed by atoms with E-state index in [4.69, 9.17) is 39.5 Å². The second-order valence-corrected chi connectivity index (χ2v) is 6.15. The van der Waals surface area contributed by atoms with E-state index in [0.717, 1.165) is 5.56 Å². The van der Waals surface area contributed by atoms with Crippen molar-refractivity contribution in [3.8, 4) is 5.75 Å². The van der Waals surface area contributed by atoms with E-state index >= 15 is 0 Å². The van der Waals surface area contributed by atoms with Gasteiger partial charge in [-0.2, -0.15) is 5.10 Å². The molecule has 0 heterocycles. The molecule has 0 aliphatic rings. The van der Waals surface area contributed by atoms with Gasteiger partial charge in [0, 0.05) is 16.5 Å². The van der Waals surface area contributed by atoms with Crippen molar-refractivity contribution in [2.24, 2.45) is 5.10 Å². The number of amides is 1. The van der Waals surface area contributed by atoms with Crippen LogP contribution in [0.1, 0.15) is 18.4 Å². The number of hydrogen-bond acceptors (Lipinski definition) is 3. The molecule has 0 aromatic heterocycles. The molecule has 0 atom stereocenters. The van der Waals surface area contributed by atoms with Crippen LogP contribution in [0.3, 0.4) is 0 Å². The number of rotatable bonds is 7. The first-order valence-corrected chi connectivity index (χ1v) is 8.33. The minimum atomic E-state index is -0.189. The summed E-state index contributed by atoms with van der Waals surface area (Å²) in [6, 6.07) is 12.1. The van der Waals surface area contributed by atoms with Gasteiger partial charge in [0.15, 0.2) is 0 Å². The average molecular weight is 386 g/mol. The summed E-state index contributed by atoms with van der Waals surface area (Å²) in [6.07, 6.45) is 2.39. The summed E-state index contributed by atoms with van der Waals surface area (Å²) in [7, 11) is 0. The molecule has 0 aliphatic heterocycles. The first-order chi connectivity index (χ1) is 11.5. The van der Waals surface area contributed by atoms with Gasteiger partial charge in [-0.1, -0.05) is 46.9 Å². The lowest BCUT2D eigenvalue weighted by Gasteiger charge is -2.07. The van der Waals surface area contributed by atoms with Gasteiger partial charge in [0.25, 0.3) is 0 Å². The molecule has 0 bridgehead atoms. The molecule has 1 amide bonds. The molecule has 0 radical (unpaired) electrons. The van der Waals surface area contributed by atoms with E-state index in [-0.39, 0.29) is 5.91 Å². The topological polar surface area (TPSA) is 50.7 Å². The monoisotopic (exact) mass is 384 g/mol. The summed E-state index contributed by atoms with van der Waals surface area (Å²) < 4.78 is 5.51. The lowest BCUT2D eigenvalue weighted by molar-refractivity contribution is -0.121. The van der Waals surface area contributed by atoms with Crippen molar-refractivity contribution in [2.45, 2.75) is 12.8 Å². The van der Waals surface area contributed by atoms with Gasteiger partial charge < -0.3 is 4.74 Å². The van der Waals surface area contributed by atoms with Gasteiger partial charge in [0.2, 0.25) is 5.91 Å². The molecule has 24 heavy (non-hydrogen) atoms. The lowest BCUT2D eigenvalue weighted by Crippen LogP contribution is -2.18. The lowest BCUT2D eigenvalue weighted by atomic mass is 10.2. The first-order valence-electron chi connectivity index (χ1n) is 7.20. The van der Waals surface area contributed by atoms with Gasteiger partial charge in [-0.25, -0.2) is 5.43 Å². The Kier molecular flexibility index (Phi) is 7.37. The standard InChI is InChI=1S/C17H15Cl3N2O2/c18-13-5-3-12(4-6-13)11-21-22-17(23)2-1-9-24-16-8-7-14(19)10-15(16)20/h3-8,10-11H,1-2,9H2,(H,22,23). The minimum Gasteiger partial charge on any atom is -0.492 e. The molecule has 1 N–H and O–H groups in total. The summed E-state index contributed by atoms with van der Waals surface area (Å²) in [4.78, 5) is 11.7. The molecular weight excluding hydrogens is 371 g/mol. The highest BCUT2D eigenvalue weighted by molar-refractivity contribution is 6.35. The molecule has 2 aromatic rings. The van der Waals surface area contributed by atoms with Crippen molar-refractivity contribution in [3.05, 3.63) is 63.1 Å². The number of carbonyl (C=O) groups excluding carboxylic acids is 1. The quantitative estimate of drug-likeness (QED) is 0.416. The zero-order valence-electron chi connectivity index (χ0n) is 12.6. The Morgan fingerprint density at radius 1 is 1.08 bits per heavy atom. The molecule has 4 nitrogen and oxygen atoms in total. The number of hydrazone groups is 1. The van der Waals surface area contributed by atoms with E-state index in [1.54, 1.807) is 36.5 Å². The Labute approximate surface area is 155 Å². The molecule has 0 saturated carbocycles. The van der Waals surface area contributed by atoms with Gasteiger partial charge in [-0.3, -0.25) is 4.79 Å². The molecule has 0 fully saturated rings. The molecule has 2 rings (SSSR count). The van der Waals surface area contributed by atoms with Crippen LogP contribution in [0.15, 0.2) is 47.6 Å². The minimum absolute atomic E-state index is 0.189. The zero-order valence-corrected chi connectivity index (χ0v) is 14.9. The predicted octanol–water partition coefficient (Wildman–Crippen LogP) is 4.96. The van der Waals surface area contributed by atoms with E-state index < -0.39 is 0 Å². The largest absolute Gasteiger partial charge is 0.492 e. The molecule has 126 valence electrons. The van der Waals surface area contributed by atoms with Crippen LogP contribution in [0.2, 0.25) is 15.1 Å². The van der Waals surface area contributed by atoms with Gasteiger partial charge in [0.1, 0.15) is 5.75 Å². The normalized spacial score (nSPS) is 10.8. The van der Waals surface area contributed by atoms with Crippen molar-refractivity contribution in [2.75, 3.05) is 6.61 Å². The highest BCUT2D eigenvalue weighted by atomic mass is 35.5. The maximum absolute atomic E-state index is 11.7. The van der Waals surface area contributed by atoms with Crippen LogP contribution in [0.4, 0.5) is 0 Å². The Balaban J connectivity index is 1.67. The van der Waals surface area contributed by atoms with E-state index in [2.05, 4.69) is 10.5 Å². The predicted molar refractivity (Wildman–Crippen MR) is 98.4 cm³/mol. The van der Waals surface area contributed by atoms with Gasteiger partial charge >= 0.3 is 0 Å². The number of ether oxygens (including phenoxy) is 1. The van der Waals surface area contributed by atoms with Crippen LogP contribution in [0, 0.1) is 0 Å². The maximum Gasteiger partial charge on any atom is 0.240 e. The van der Waals surface area contributed by atoms with Gasteiger partial charge in [-0.05, 0) is 42.3 Å². The van der Waals surface area contributed by atoms with Crippen LogP contribution >= 0.6 is 34.8 Å². The van der Waals surface area contributed by atoms with Crippen LogP contribution in [-0.4, -0.2) is 18.7 Å². The highest BCUT2D eigenvalue weighted by Crippen LogP contribution is 2.27. The van der Waals surface area contributed by atoms with E-state index in [0.29, 0.717) is 40.3 Å². The smallest absolute Gasteiger partial charge is 0.240 e.